The number of hydrogen-bond donors (Lipinski definition) is 1. The van der Waals surface area contributed by atoms with Crippen molar-refractivity contribution in [1.29, 1.82) is 5.26 Å². The lowest BCUT2D eigenvalue weighted by Gasteiger charge is -2.14. The van der Waals surface area contributed by atoms with E-state index in [-0.39, 0.29) is 12.5 Å². The lowest BCUT2D eigenvalue weighted by atomic mass is 10.1. The highest BCUT2D eigenvalue weighted by atomic mass is 19.4. The average molecular weight is 402 g/mol. The van der Waals surface area contributed by atoms with Gasteiger partial charge in [0.1, 0.15) is 5.75 Å². The standard InChI is InChI=1S/C18H12F6N2O2/c19-17(20,21)12-7-13(18(22,23)24)9-15(8-12)28-10-16(27)26-14-3-1-11(2-4-14)5-6-25/h1-4,7-9H,5,10H2,(H,26,27). The number of carbonyl (C=O) groups excluding carboxylic acids is 1. The number of nitriles is 1. The molecule has 0 saturated heterocycles. The third kappa shape index (κ3) is 5.90. The normalized spacial score (nSPS) is 11.6. The maximum absolute atomic E-state index is 12.8. The zero-order valence-corrected chi connectivity index (χ0v) is 14.0. The third-order valence-electron chi connectivity index (χ3n) is 3.45. The average Bonchev–Trinajstić information content (AvgIpc) is 2.60. The van der Waals surface area contributed by atoms with Crippen LogP contribution in [0.3, 0.4) is 0 Å². The number of nitrogens with zero attached hydrogens (tertiary/aromatic N) is 1. The fraction of sp³-hybridized carbons (Fsp3) is 0.222. The van der Waals surface area contributed by atoms with Gasteiger partial charge >= 0.3 is 12.4 Å². The molecule has 1 amide bonds. The number of nitrogens with one attached hydrogen (secondary N) is 1. The van der Waals surface area contributed by atoms with E-state index in [9.17, 15) is 31.1 Å². The Bertz CT molecular complexity index is 851. The summed E-state index contributed by atoms with van der Waals surface area (Å²) in [6.45, 7) is -0.793. The molecule has 0 aliphatic rings. The van der Waals surface area contributed by atoms with Crippen molar-refractivity contribution in [2.75, 3.05) is 11.9 Å². The zero-order valence-electron chi connectivity index (χ0n) is 14.0. The molecule has 0 aromatic heterocycles. The fourth-order valence-electron chi connectivity index (χ4n) is 2.15. The van der Waals surface area contributed by atoms with Gasteiger partial charge in [0.05, 0.1) is 23.6 Å². The van der Waals surface area contributed by atoms with Gasteiger partial charge in [-0.2, -0.15) is 31.6 Å². The molecule has 0 heterocycles. The first-order valence-electron chi connectivity index (χ1n) is 7.67. The Kier molecular flexibility index (Phi) is 6.18. The molecule has 0 atom stereocenters. The van der Waals surface area contributed by atoms with Crippen LogP contribution in [-0.4, -0.2) is 12.5 Å². The van der Waals surface area contributed by atoms with E-state index in [0.29, 0.717) is 23.4 Å². The molecule has 1 N–H and O–H groups in total. The van der Waals surface area contributed by atoms with E-state index in [2.05, 4.69) is 5.32 Å². The third-order valence-corrected chi connectivity index (χ3v) is 3.45. The fourth-order valence-corrected chi connectivity index (χ4v) is 2.15. The Balaban J connectivity index is 2.08. The highest BCUT2D eigenvalue weighted by Crippen LogP contribution is 2.38. The summed E-state index contributed by atoms with van der Waals surface area (Å²) in [4.78, 5) is 11.8. The lowest BCUT2D eigenvalue weighted by Crippen LogP contribution is -2.20. The second-order valence-corrected chi connectivity index (χ2v) is 5.61. The van der Waals surface area contributed by atoms with Crippen LogP contribution in [0.4, 0.5) is 32.0 Å². The van der Waals surface area contributed by atoms with Gasteiger partial charge in [0.25, 0.3) is 5.91 Å². The Morgan fingerprint density at radius 3 is 1.96 bits per heavy atom. The first-order valence-corrected chi connectivity index (χ1v) is 7.67. The molecule has 0 bridgehead atoms. The topological polar surface area (TPSA) is 62.1 Å². The van der Waals surface area contributed by atoms with E-state index >= 15 is 0 Å². The largest absolute Gasteiger partial charge is 0.484 e. The number of amides is 1. The number of anilines is 1. The minimum atomic E-state index is -5.01. The molecule has 0 fully saturated rings. The summed E-state index contributed by atoms with van der Waals surface area (Å²) in [5, 5.41) is 11.0. The summed E-state index contributed by atoms with van der Waals surface area (Å²) in [5.41, 5.74) is -2.03. The SMILES string of the molecule is N#CCc1ccc(NC(=O)COc2cc(C(F)(F)F)cc(C(F)(F)F)c2)cc1. The summed E-state index contributed by atoms with van der Waals surface area (Å²) in [7, 11) is 0. The smallest absolute Gasteiger partial charge is 0.416 e. The molecule has 10 heteroatoms. The number of alkyl halides is 6. The van der Waals surface area contributed by atoms with Gasteiger partial charge in [-0.15, -0.1) is 0 Å². The van der Waals surface area contributed by atoms with E-state index in [4.69, 9.17) is 10.00 Å². The summed E-state index contributed by atoms with van der Waals surface area (Å²) >= 11 is 0. The highest BCUT2D eigenvalue weighted by molar-refractivity contribution is 5.91. The zero-order chi connectivity index (χ0) is 20.9. The molecule has 2 aromatic carbocycles. The van der Waals surface area contributed by atoms with Gasteiger partial charge in [-0.05, 0) is 35.9 Å². The maximum Gasteiger partial charge on any atom is 0.416 e. The Morgan fingerprint density at radius 1 is 0.964 bits per heavy atom. The van der Waals surface area contributed by atoms with Crippen LogP contribution in [0.15, 0.2) is 42.5 Å². The van der Waals surface area contributed by atoms with Crippen LogP contribution in [0.2, 0.25) is 0 Å². The molecule has 2 aromatic rings. The second-order valence-electron chi connectivity index (χ2n) is 5.61. The van der Waals surface area contributed by atoms with Crippen molar-refractivity contribution in [2.24, 2.45) is 0 Å². The van der Waals surface area contributed by atoms with Gasteiger partial charge in [-0.25, -0.2) is 0 Å². The molecular weight excluding hydrogens is 390 g/mol. The molecule has 0 spiro atoms. The Labute approximate surface area is 155 Å². The minimum Gasteiger partial charge on any atom is -0.484 e. The van der Waals surface area contributed by atoms with Crippen LogP contribution in [-0.2, 0) is 23.6 Å². The maximum atomic E-state index is 12.8. The Morgan fingerprint density at radius 2 is 1.50 bits per heavy atom. The molecule has 0 radical (unpaired) electrons. The molecule has 148 valence electrons. The van der Waals surface area contributed by atoms with Crippen molar-refractivity contribution in [3.63, 3.8) is 0 Å². The number of halogens is 6. The van der Waals surface area contributed by atoms with Crippen molar-refractivity contribution in [1.82, 2.24) is 0 Å². The highest BCUT2D eigenvalue weighted by Gasteiger charge is 2.37. The molecule has 4 nitrogen and oxygen atoms in total. The van der Waals surface area contributed by atoms with Gasteiger partial charge in [-0.1, -0.05) is 12.1 Å². The van der Waals surface area contributed by atoms with E-state index in [1.54, 1.807) is 12.1 Å². The van der Waals surface area contributed by atoms with Crippen molar-refractivity contribution >= 4 is 11.6 Å². The van der Waals surface area contributed by atoms with Crippen LogP contribution in [0.25, 0.3) is 0 Å². The Hall–Kier alpha value is -3.22. The second kappa shape index (κ2) is 8.21. The van der Waals surface area contributed by atoms with Gasteiger partial charge < -0.3 is 10.1 Å². The van der Waals surface area contributed by atoms with Crippen LogP contribution < -0.4 is 10.1 Å². The quantitative estimate of drug-likeness (QED) is 0.731. The van der Waals surface area contributed by atoms with Crippen molar-refractivity contribution in [3.8, 4) is 11.8 Å². The number of benzene rings is 2. The first kappa shape index (κ1) is 21.1. The first-order chi connectivity index (χ1) is 13.0. The number of carbonyl (C=O) groups is 1. The van der Waals surface area contributed by atoms with E-state index in [0.717, 1.165) is 0 Å². The van der Waals surface area contributed by atoms with Crippen molar-refractivity contribution < 1.29 is 35.9 Å². The summed E-state index contributed by atoms with van der Waals surface area (Å²) < 4.78 is 81.5. The predicted octanol–water partition coefficient (Wildman–Crippen LogP) is 4.81. The monoisotopic (exact) mass is 402 g/mol. The van der Waals surface area contributed by atoms with Crippen LogP contribution in [0.5, 0.6) is 5.75 Å². The lowest BCUT2D eigenvalue weighted by molar-refractivity contribution is -0.143. The van der Waals surface area contributed by atoms with Crippen molar-refractivity contribution in [3.05, 3.63) is 59.2 Å². The van der Waals surface area contributed by atoms with E-state index < -0.39 is 41.7 Å². The molecule has 0 unspecified atom stereocenters. The van der Waals surface area contributed by atoms with Gasteiger partial charge in [0, 0.05) is 5.69 Å². The molecule has 0 aliphatic carbocycles. The minimum absolute atomic E-state index is 0.0320. The van der Waals surface area contributed by atoms with Crippen molar-refractivity contribution in [2.45, 2.75) is 18.8 Å². The molecule has 28 heavy (non-hydrogen) atoms. The van der Waals surface area contributed by atoms with Gasteiger partial charge in [-0.3, -0.25) is 4.79 Å². The molecule has 2 rings (SSSR count). The number of hydrogen-bond acceptors (Lipinski definition) is 3. The van der Waals surface area contributed by atoms with Crippen LogP contribution >= 0.6 is 0 Å². The predicted molar refractivity (Wildman–Crippen MR) is 86.3 cm³/mol. The molecule has 0 saturated carbocycles. The van der Waals surface area contributed by atoms with E-state index in [1.165, 1.54) is 12.1 Å². The van der Waals surface area contributed by atoms with E-state index in [1.807, 2.05) is 6.07 Å². The number of rotatable bonds is 5. The summed E-state index contributed by atoms with van der Waals surface area (Å²) in [6.07, 6.45) is -9.84. The van der Waals surface area contributed by atoms with Crippen LogP contribution in [0, 0.1) is 11.3 Å². The molecule has 0 aliphatic heterocycles. The van der Waals surface area contributed by atoms with Gasteiger partial charge in [0.15, 0.2) is 6.61 Å². The molecular formula is C18H12F6N2O2. The number of ether oxygens (including phenoxy) is 1. The van der Waals surface area contributed by atoms with Gasteiger partial charge in [0.2, 0.25) is 0 Å². The summed E-state index contributed by atoms with van der Waals surface area (Å²) in [6, 6.07) is 8.85. The summed E-state index contributed by atoms with van der Waals surface area (Å²) in [5.74, 6) is -1.51. The van der Waals surface area contributed by atoms with Crippen LogP contribution in [0.1, 0.15) is 16.7 Å².